The van der Waals surface area contributed by atoms with Crippen molar-refractivity contribution in [2.24, 2.45) is 4.99 Å². The maximum atomic E-state index is 13.9. The van der Waals surface area contributed by atoms with Crippen molar-refractivity contribution in [3.8, 4) is 11.8 Å². The first-order chi connectivity index (χ1) is 21.1. The number of thiazole rings is 1. The monoisotopic (exact) mass is 692 g/mol. The van der Waals surface area contributed by atoms with Crippen LogP contribution in [0.3, 0.4) is 0 Å². The summed E-state index contributed by atoms with van der Waals surface area (Å²) in [4.78, 5) is 43.3. The Morgan fingerprint density at radius 3 is 2.64 bits per heavy atom. The highest BCUT2D eigenvalue weighted by molar-refractivity contribution is 9.10. The molecule has 1 aliphatic rings. The molecular formula is C31H22BrClN4O6S. The van der Waals surface area contributed by atoms with Crippen LogP contribution in [0, 0.1) is 21.4 Å². The van der Waals surface area contributed by atoms with Crippen LogP contribution in [-0.4, -0.2) is 22.1 Å². The van der Waals surface area contributed by atoms with Crippen LogP contribution in [0.25, 0.3) is 6.08 Å². The Morgan fingerprint density at radius 1 is 1.25 bits per heavy atom. The molecular weight excluding hydrogens is 672 g/mol. The van der Waals surface area contributed by atoms with Gasteiger partial charge in [0, 0.05) is 11.1 Å². The molecule has 0 N–H and O–H groups in total. The molecule has 0 spiro atoms. The first-order valence-electron chi connectivity index (χ1n) is 13.2. The van der Waals surface area contributed by atoms with Crippen LogP contribution in [0.15, 0.2) is 86.2 Å². The molecule has 0 bridgehead atoms. The van der Waals surface area contributed by atoms with Crippen molar-refractivity contribution in [2.45, 2.75) is 26.5 Å². The van der Waals surface area contributed by atoms with Gasteiger partial charge in [0.2, 0.25) is 5.75 Å². The SMILES string of the molecule is CCOC(=O)C1=C(C)N=c2s/c(=C\c3cc(Br)c(OCc4ccc(C#N)cc4)c([N+](=O)[O-])c3)c(=O)n2[C@H]1c1ccccc1Cl. The second-order valence-electron chi connectivity index (χ2n) is 9.53. The van der Waals surface area contributed by atoms with Gasteiger partial charge in [0.15, 0.2) is 4.80 Å². The number of hydrogen-bond acceptors (Lipinski definition) is 9. The first kappa shape index (κ1) is 30.9. The molecule has 1 aliphatic heterocycles. The Hall–Kier alpha value is -4.57. The molecule has 0 saturated heterocycles. The summed E-state index contributed by atoms with van der Waals surface area (Å²) in [6, 6.07) is 17.7. The number of ether oxygens (including phenoxy) is 2. The highest BCUT2D eigenvalue weighted by atomic mass is 79.9. The molecule has 3 aromatic carbocycles. The van der Waals surface area contributed by atoms with Gasteiger partial charge in [-0.3, -0.25) is 19.5 Å². The number of nitro benzene ring substituents is 1. The zero-order valence-corrected chi connectivity index (χ0v) is 26.4. The van der Waals surface area contributed by atoms with Crippen molar-refractivity contribution in [1.82, 2.24) is 4.57 Å². The topological polar surface area (TPSA) is 137 Å². The molecule has 5 rings (SSSR count). The van der Waals surface area contributed by atoms with E-state index in [9.17, 15) is 19.7 Å². The Morgan fingerprint density at radius 2 is 1.98 bits per heavy atom. The summed E-state index contributed by atoms with van der Waals surface area (Å²) >= 11 is 11.0. The van der Waals surface area contributed by atoms with Gasteiger partial charge in [-0.15, -0.1) is 0 Å². The molecule has 1 atom stereocenters. The number of carbonyl (C=O) groups is 1. The highest BCUT2D eigenvalue weighted by Crippen LogP contribution is 2.38. The number of halogens is 2. The standard InChI is InChI=1S/C31H22BrClN4O6S/c1-3-42-30(39)26-17(2)35-31-36(27(26)21-6-4-5-7-23(21)33)29(38)25(44-31)14-20-12-22(32)28(24(13-20)37(40)41)43-16-19-10-8-18(15-34)9-11-19/h4-14,27H,3,16H2,1-2H3/b25-14-/t27-/m0/s1. The van der Waals surface area contributed by atoms with E-state index in [-0.39, 0.29) is 34.8 Å². The average molecular weight is 694 g/mol. The smallest absolute Gasteiger partial charge is 0.338 e. The molecule has 0 unspecified atom stereocenters. The summed E-state index contributed by atoms with van der Waals surface area (Å²) in [5, 5.41) is 21.4. The number of nitro groups is 1. The molecule has 222 valence electrons. The molecule has 0 saturated carbocycles. The van der Waals surface area contributed by atoms with Crippen LogP contribution in [0.1, 0.15) is 42.1 Å². The molecule has 13 heteroatoms. The molecule has 2 heterocycles. The van der Waals surface area contributed by atoms with Gasteiger partial charge in [-0.05, 0) is 76.8 Å². The number of nitrogens with zero attached hydrogens (tertiary/aromatic N) is 4. The third kappa shape index (κ3) is 6.07. The summed E-state index contributed by atoms with van der Waals surface area (Å²) in [5.74, 6) is -0.588. The van der Waals surface area contributed by atoms with Crippen LogP contribution in [-0.2, 0) is 16.1 Å². The Balaban J connectivity index is 1.59. The summed E-state index contributed by atoms with van der Waals surface area (Å²) < 4.78 is 13.1. The Bertz CT molecular complexity index is 2060. The van der Waals surface area contributed by atoms with Crippen LogP contribution in [0.5, 0.6) is 5.75 Å². The fourth-order valence-electron chi connectivity index (χ4n) is 4.73. The molecule has 10 nitrogen and oxygen atoms in total. The van der Waals surface area contributed by atoms with E-state index in [1.807, 2.05) is 6.07 Å². The summed E-state index contributed by atoms with van der Waals surface area (Å²) in [7, 11) is 0. The zero-order chi connectivity index (χ0) is 31.5. The highest BCUT2D eigenvalue weighted by Gasteiger charge is 2.34. The lowest BCUT2D eigenvalue weighted by Crippen LogP contribution is -2.40. The van der Waals surface area contributed by atoms with Crippen molar-refractivity contribution < 1.29 is 19.2 Å². The van der Waals surface area contributed by atoms with Gasteiger partial charge in [-0.25, -0.2) is 9.79 Å². The normalized spacial score (nSPS) is 14.4. The minimum absolute atomic E-state index is 0.0198. The second kappa shape index (κ2) is 13.0. The van der Waals surface area contributed by atoms with Crippen molar-refractivity contribution in [3.05, 3.63) is 133 Å². The molecule has 0 radical (unpaired) electrons. The summed E-state index contributed by atoms with van der Waals surface area (Å²) in [6.45, 7) is 3.53. The van der Waals surface area contributed by atoms with Crippen molar-refractivity contribution >= 4 is 56.6 Å². The van der Waals surface area contributed by atoms with Gasteiger partial charge in [-0.2, -0.15) is 5.26 Å². The van der Waals surface area contributed by atoms with E-state index in [2.05, 4.69) is 20.9 Å². The number of rotatable bonds is 8. The van der Waals surface area contributed by atoms with Crippen LogP contribution >= 0.6 is 38.9 Å². The Kier molecular flexibility index (Phi) is 9.10. The summed E-state index contributed by atoms with van der Waals surface area (Å²) in [6.07, 6.45) is 1.53. The Labute approximate surface area is 268 Å². The molecule has 0 fully saturated rings. The second-order valence-corrected chi connectivity index (χ2v) is 11.8. The fourth-order valence-corrected chi connectivity index (χ4v) is 6.59. The number of hydrogen-bond donors (Lipinski definition) is 0. The number of nitriles is 1. The molecule has 44 heavy (non-hydrogen) atoms. The number of aromatic nitrogens is 1. The maximum Gasteiger partial charge on any atom is 0.338 e. The molecule has 0 amide bonds. The minimum Gasteiger partial charge on any atom is -0.481 e. The molecule has 0 aliphatic carbocycles. The largest absolute Gasteiger partial charge is 0.481 e. The van der Waals surface area contributed by atoms with E-state index in [0.29, 0.717) is 36.7 Å². The van der Waals surface area contributed by atoms with E-state index in [1.54, 1.807) is 68.4 Å². The molecule has 4 aromatic rings. The van der Waals surface area contributed by atoms with Crippen LogP contribution in [0.2, 0.25) is 5.02 Å². The lowest BCUT2D eigenvalue weighted by atomic mass is 9.96. The zero-order valence-electron chi connectivity index (χ0n) is 23.2. The van der Waals surface area contributed by atoms with E-state index < -0.39 is 22.5 Å². The minimum atomic E-state index is -0.889. The number of benzene rings is 3. The third-order valence-corrected chi connectivity index (χ3v) is 8.64. The predicted molar refractivity (Wildman–Crippen MR) is 168 cm³/mol. The van der Waals surface area contributed by atoms with Gasteiger partial charge < -0.3 is 9.47 Å². The summed E-state index contributed by atoms with van der Waals surface area (Å²) in [5.41, 5.74) is 1.94. The van der Waals surface area contributed by atoms with Gasteiger partial charge >= 0.3 is 11.7 Å². The lowest BCUT2D eigenvalue weighted by Gasteiger charge is -2.25. The van der Waals surface area contributed by atoms with E-state index >= 15 is 0 Å². The van der Waals surface area contributed by atoms with E-state index in [0.717, 1.165) is 16.9 Å². The number of allylic oxidation sites excluding steroid dienone is 1. The van der Waals surface area contributed by atoms with Gasteiger partial charge in [0.1, 0.15) is 12.6 Å². The van der Waals surface area contributed by atoms with Gasteiger partial charge in [-0.1, -0.05) is 53.3 Å². The predicted octanol–water partition coefficient (Wildman–Crippen LogP) is 5.57. The fraction of sp³-hybridized carbons (Fsp3) is 0.161. The van der Waals surface area contributed by atoms with Crippen LogP contribution < -0.4 is 19.6 Å². The lowest BCUT2D eigenvalue weighted by molar-refractivity contribution is -0.386. The van der Waals surface area contributed by atoms with Gasteiger partial charge in [0.25, 0.3) is 5.56 Å². The number of esters is 1. The average Bonchev–Trinajstić information content (AvgIpc) is 3.30. The van der Waals surface area contributed by atoms with Crippen molar-refractivity contribution in [1.29, 1.82) is 5.26 Å². The van der Waals surface area contributed by atoms with Gasteiger partial charge in [0.05, 0.1) is 43.4 Å². The van der Waals surface area contributed by atoms with E-state index in [1.165, 1.54) is 16.7 Å². The molecule has 1 aromatic heterocycles. The first-order valence-corrected chi connectivity index (χ1v) is 15.2. The van der Waals surface area contributed by atoms with Crippen molar-refractivity contribution in [3.63, 3.8) is 0 Å². The number of fused-ring (bicyclic) bond motifs is 1. The van der Waals surface area contributed by atoms with E-state index in [4.69, 9.17) is 26.3 Å². The van der Waals surface area contributed by atoms with Crippen LogP contribution in [0.4, 0.5) is 5.69 Å². The van der Waals surface area contributed by atoms with Crippen molar-refractivity contribution in [2.75, 3.05) is 6.61 Å². The quantitative estimate of drug-likeness (QED) is 0.134. The third-order valence-electron chi connectivity index (χ3n) is 6.72. The maximum absolute atomic E-state index is 13.9. The number of carbonyl (C=O) groups excluding carboxylic acids is 1.